The third-order valence-corrected chi connectivity index (χ3v) is 5.81. The van der Waals surface area contributed by atoms with E-state index in [0.717, 1.165) is 26.6 Å². The number of hydrogen-bond acceptors (Lipinski definition) is 6. The van der Waals surface area contributed by atoms with Gasteiger partial charge in [-0.15, -0.1) is 11.3 Å². The van der Waals surface area contributed by atoms with Gasteiger partial charge in [0.25, 0.3) is 0 Å². The van der Waals surface area contributed by atoms with Crippen LogP contribution in [-0.4, -0.2) is 30.8 Å². The molecule has 0 bridgehead atoms. The van der Waals surface area contributed by atoms with Gasteiger partial charge in [0.1, 0.15) is 25.6 Å². The van der Waals surface area contributed by atoms with E-state index in [1.54, 1.807) is 12.1 Å². The van der Waals surface area contributed by atoms with Crippen molar-refractivity contribution >= 4 is 28.5 Å². The Morgan fingerprint density at radius 2 is 1.69 bits per heavy atom. The van der Waals surface area contributed by atoms with Crippen molar-refractivity contribution in [1.82, 2.24) is 4.98 Å². The summed E-state index contributed by atoms with van der Waals surface area (Å²) in [5, 5.41) is 0.813. The van der Waals surface area contributed by atoms with Gasteiger partial charge in [-0.2, -0.15) is 0 Å². The summed E-state index contributed by atoms with van der Waals surface area (Å²) in [6.07, 6.45) is 0. The fourth-order valence-electron chi connectivity index (χ4n) is 3.49. The molecule has 2 aliphatic heterocycles. The van der Waals surface area contributed by atoms with E-state index >= 15 is 0 Å². The Kier molecular flexibility index (Phi) is 4.32. The first-order chi connectivity index (χ1) is 14.1. The van der Waals surface area contributed by atoms with E-state index in [4.69, 9.17) is 14.2 Å². The summed E-state index contributed by atoms with van der Waals surface area (Å²) in [6.45, 7) is 3.06. The molecule has 5 nitrogen and oxygen atoms in total. The third-order valence-electron chi connectivity index (χ3n) is 4.82. The molecule has 0 spiro atoms. The van der Waals surface area contributed by atoms with Crippen molar-refractivity contribution in [2.75, 3.05) is 19.8 Å². The van der Waals surface area contributed by atoms with Crippen LogP contribution in [0.5, 0.6) is 11.5 Å². The van der Waals surface area contributed by atoms with E-state index in [1.807, 2.05) is 25.1 Å². The monoisotopic (exact) mass is 409 g/mol. The van der Waals surface area contributed by atoms with E-state index < -0.39 is 0 Å². The Labute approximate surface area is 170 Å². The first-order valence-electron chi connectivity index (χ1n) is 9.14. The molecule has 0 aliphatic carbocycles. The number of cyclic esters (lactones) is 1. The molecule has 0 N–H and O–H groups in total. The second kappa shape index (κ2) is 7.00. The van der Waals surface area contributed by atoms with Gasteiger partial charge in [-0.05, 0) is 48.9 Å². The molecule has 3 heterocycles. The SMILES string of the molecule is Cc1nc(-c2ccc(F)cc2)c(C2=C(c3ccc4c(c3)OCCO4)COC2=O)s1. The summed E-state index contributed by atoms with van der Waals surface area (Å²) >= 11 is 1.42. The number of thiazole rings is 1. The number of aryl methyl sites for hydroxylation is 1. The average Bonchev–Trinajstić information content (AvgIpc) is 3.30. The number of benzene rings is 2. The summed E-state index contributed by atoms with van der Waals surface area (Å²) in [7, 11) is 0. The van der Waals surface area contributed by atoms with Crippen LogP contribution < -0.4 is 9.47 Å². The number of nitrogens with zero attached hydrogens (tertiary/aromatic N) is 1. The minimum absolute atomic E-state index is 0.174. The summed E-state index contributed by atoms with van der Waals surface area (Å²) in [4.78, 5) is 18.0. The van der Waals surface area contributed by atoms with Crippen molar-refractivity contribution in [3.8, 4) is 22.8 Å². The van der Waals surface area contributed by atoms with Crippen LogP contribution >= 0.6 is 11.3 Å². The Hall–Kier alpha value is -3.19. The first kappa shape index (κ1) is 17.9. The van der Waals surface area contributed by atoms with Crippen molar-refractivity contribution in [3.05, 3.63) is 63.7 Å². The summed E-state index contributed by atoms with van der Waals surface area (Å²) in [5.74, 6) is 0.632. The van der Waals surface area contributed by atoms with Gasteiger partial charge in [0.2, 0.25) is 0 Å². The Balaban J connectivity index is 1.66. The third kappa shape index (κ3) is 3.17. The van der Waals surface area contributed by atoms with Crippen LogP contribution in [0.1, 0.15) is 15.4 Å². The molecular formula is C22H16FNO4S. The second-order valence-corrected chi connectivity index (χ2v) is 7.91. The number of aromatic nitrogens is 1. The maximum Gasteiger partial charge on any atom is 0.340 e. The zero-order valence-electron chi connectivity index (χ0n) is 15.5. The molecule has 146 valence electrons. The topological polar surface area (TPSA) is 57.6 Å². The quantitative estimate of drug-likeness (QED) is 0.597. The van der Waals surface area contributed by atoms with E-state index in [-0.39, 0.29) is 18.4 Å². The molecule has 1 aromatic heterocycles. The van der Waals surface area contributed by atoms with Gasteiger partial charge < -0.3 is 14.2 Å². The molecular weight excluding hydrogens is 393 g/mol. The molecule has 0 saturated carbocycles. The van der Waals surface area contributed by atoms with E-state index in [9.17, 15) is 9.18 Å². The Morgan fingerprint density at radius 3 is 2.48 bits per heavy atom. The van der Waals surface area contributed by atoms with Crippen LogP contribution in [0.25, 0.3) is 22.4 Å². The highest BCUT2D eigenvalue weighted by Crippen LogP contribution is 2.42. The number of hydrogen-bond donors (Lipinski definition) is 0. The molecule has 2 aliphatic rings. The summed E-state index contributed by atoms with van der Waals surface area (Å²) in [6, 6.07) is 11.7. The maximum atomic E-state index is 13.4. The summed E-state index contributed by atoms with van der Waals surface area (Å²) < 4.78 is 30.0. The highest BCUT2D eigenvalue weighted by atomic mass is 32.1. The molecule has 0 amide bonds. The molecule has 5 rings (SSSR count). The van der Waals surface area contributed by atoms with Crippen LogP contribution in [0.3, 0.4) is 0 Å². The largest absolute Gasteiger partial charge is 0.486 e. The molecule has 2 aromatic carbocycles. The van der Waals surface area contributed by atoms with Crippen molar-refractivity contribution in [3.63, 3.8) is 0 Å². The lowest BCUT2D eigenvalue weighted by Crippen LogP contribution is -2.15. The molecule has 0 unspecified atom stereocenters. The minimum Gasteiger partial charge on any atom is -0.486 e. The standard InChI is InChI=1S/C22H16FNO4S/c1-12-24-20(13-2-5-15(23)6-3-13)21(29-12)19-16(11-28-22(19)25)14-4-7-17-18(10-14)27-9-8-26-17/h2-7,10H,8-9,11H2,1H3. The molecule has 7 heteroatoms. The van der Waals surface area contributed by atoms with Gasteiger partial charge in [0.05, 0.1) is 21.2 Å². The zero-order valence-corrected chi connectivity index (χ0v) is 16.3. The van der Waals surface area contributed by atoms with Crippen LogP contribution in [-0.2, 0) is 9.53 Å². The number of rotatable bonds is 3. The van der Waals surface area contributed by atoms with E-state index in [1.165, 1.54) is 23.5 Å². The fraction of sp³-hybridized carbons (Fsp3) is 0.182. The van der Waals surface area contributed by atoms with Gasteiger partial charge in [-0.25, -0.2) is 14.2 Å². The van der Waals surface area contributed by atoms with E-state index in [2.05, 4.69) is 4.98 Å². The number of esters is 1. The van der Waals surface area contributed by atoms with Crippen LogP contribution in [0, 0.1) is 12.7 Å². The Morgan fingerprint density at radius 1 is 0.966 bits per heavy atom. The molecule has 3 aromatic rings. The van der Waals surface area contributed by atoms with Crippen LogP contribution in [0.15, 0.2) is 42.5 Å². The number of halogens is 1. The fourth-order valence-corrected chi connectivity index (χ4v) is 4.49. The molecule has 29 heavy (non-hydrogen) atoms. The van der Waals surface area contributed by atoms with E-state index in [0.29, 0.717) is 36.0 Å². The van der Waals surface area contributed by atoms with Crippen molar-refractivity contribution in [2.24, 2.45) is 0 Å². The minimum atomic E-state index is -0.387. The lowest BCUT2D eigenvalue weighted by molar-refractivity contribution is -0.133. The highest BCUT2D eigenvalue weighted by molar-refractivity contribution is 7.13. The smallest absolute Gasteiger partial charge is 0.340 e. The van der Waals surface area contributed by atoms with Crippen LogP contribution in [0.4, 0.5) is 4.39 Å². The van der Waals surface area contributed by atoms with Gasteiger partial charge in [-0.1, -0.05) is 6.07 Å². The zero-order chi connectivity index (χ0) is 20.0. The molecule has 0 atom stereocenters. The van der Waals surface area contributed by atoms with Gasteiger partial charge in [0.15, 0.2) is 11.5 Å². The predicted molar refractivity (Wildman–Crippen MR) is 107 cm³/mol. The number of ether oxygens (including phenoxy) is 3. The predicted octanol–water partition coefficient (Wildman–Crippen LogP) is 4.50. The maximum absolute atomic E-state index is 13.4. The van der Waals surface area contributed by atoms with Gasteiger partial charge >= 0.3 is 5.97 Å². The van der Waals surface area contributed by atoms with Crippen molar-refractivity contribution in [1.29, 1.82) is 0 Å². The van der Waals surface area contributed by atoms with Crippen molar-refractivity contribution < 1.29 is 23.4 Å². The average molecular weight is 409 g/mol. The molecule has 0 saturated heterocycles. The number of carbonyl (C=O) groups excluding carboxylic acids is 1. The number of carbonyl (C=O) groups is 1. The highest BCUT2D eigenvalue weighted by Gasteiger charge is 2.32. The number of fused-ring (bicyclic) bond motifs is 1. The normalized spacial score (nSPS) is 15.6. The van der Waals surface area contributed by atoms with Gasteiger partial charge in [0, 0.05) is 11.1 Å². The first-order valence-corrected chi connectivity index (χ1v) is 9.96. The Bertz CT molecular complexity index is 1150. The van der Waals surface area contributed by atoms with Crippen molar-refractivity contribution in [2.45, 2.75) is 6.92 Å². The lowest BCUT2D eigenvalue weighted by Gasteiger charge is -2.19. The molecule has 0 fully saturated rings. The molecule has 0 radical (unpaired) electrons. The summed E-state index contributed by atoms with van der Waals surface area (Å²) in [5.41, 5.74) is 3.51. The van der Waals surface area contributed by atoms with Gasteiger partial charge in [-0.3, -0.25) is 0 Å². The lowest BCUT2D eigenvalue weighted by atomic mass is 9.98. The second-order valence-electron chi connectivity index (χ2n) is 6.71. The van der Waals surface area contributed by atoms with Crippen LogP contribution in [0.2, 0.25) is 0 Å².